The Morgan fingerprint density at radius 3 is 2.49 bits per heavy atom. The van der Waals surface area contributed by atoms with Crippen LogP contribution in [0.2, 0.25) is 0 Å². The third-order valence-electron chi connectivity index (χ3n) is 8.54. The van der Waals surface area contributed by atoms with Gasteiger partial charge >= 0.3 is 0 Å². The summed E-state index contributed by atoms with van der Waals surface area (Å²) in [5, 5.41) is 9.20. The van der Waals surface area contributed by atoms with Crippen LogP contribution in [-0.4, -0.2) is 64.5 Å². The van der Waals surface area contributed by atoms with Gasteiger partial charge in [-0.2, -0.15) is 5.26 Å². The van der Waals surface area contributed by atoms with Crippen molar-refractivity contribution in [2.45, 2.75) is 25.0 Å². The number of nitrogens with two attached hydrogens (primary N) is 1. The van der Waals surface area contributed by atoms with E-state index in [0.717, 1.165) is 37.6 Å². The molecule has 2 saturated heterocycles. The number of piperazine rings is 1. The van der Waals surface area contributed by atoms with Gasteiger partial charge in [0.25, 0.3) is 0 Å². The number of rotatable bonds is 6. The number of aromatic nitrogens is 7. The van der Waals surface area contributed by atoms with E-state index < -0.39 is 5.82 Å². The smallest absolute Gasteiger partial charge is 0.234 e. The van der Waals surface area contributed by atoms with Crippen molar-refractivity contribution in [3.05, 3.63) is 103 Å². The first-order valence-electron chi connectivity index (χ1n) is 14.6. The Balaban J connectivity index is 1.09. The Hall–Kier alpha value is -5.80. The Labute approximate surface area is 257 Å². The van der Waals surface area contributed by atoms with E-state index in [1.54, 1.807) is 18.5 Å². The number of likely N-dealkylation sites (tertiary alicyclic amines) is 1. The minimum atomic E-state index is -0.404. The average Bonchev–Trinajstić information content (AvgIpc) is 3.78. The molecule has 0 amide bonds. The van der Waals surface area contributed by atoms with Crippen molar-refractivity contribution >= 4 is 22.8 Å². The predicted octanol–water partition coefficient (Wildman–Crippen LogP) is 4.39. The minimum absolute atomic E-state index is 0.200. The second kappa shape index (κ2) is 10.7. The molecule has 1 aromatic carbocycles. The van der Waals surface area contributed by atoms with Crippen LogP contribution in [0.15, 0.2) is 85.3 Å². The van der Waals surface area contributed by atoms with E-state index in [1.807, 2.05) is 41.0 Å². The first-order chi connectivity index (χ1) is 22.0. The molecule has 0 unspecified atom stereocenters. The molecule has 45 heavy (non-hydrogen) atoms. The molecule has 2 N–H and O–H groups in total. The van der Waals surface area contributed by atoms with E-state index in [-0.39, 0.29) is 5.82 Å². The fourth-order valence-corrected chi connectivity index (χ4v) is 6.43. The number of benzene rings is 1. The van der Waals surface area contributed by atoms with Gasteiger partial charge in [0.15, 0.2) is 11.5 Å². The maximum Gasteiger partial charge on any atom is 0.234 e. The Morgan fingerprint density at radius 1 is 0.867 bits per heavy atom. The van der Waals surface area contributed by atoms with Crippen molar-refractivity contribution in [1.29, 1.82) is 5.26 Å². The SMILES string of the molecule is N#Cc1nccc(N2C[C@@H]3C[C@H]2CN3Cc2ccc(-n3c(-c4cccnc4N)nc4ccc(-c5ccc(F)cn5)nc43)cc2)n1. The highest BCUT2D eigenvalue weighted by Crippen LogP contribution is 2.35. The molecule has 11 nitrogen and oxygen atoms in total. The van der Waals surface area contributed by atoms with Crippen molar-refractivity contribution in [2.75, 3.05) is 23.7 Å². The quantitative estimate of drug-likeness (QED) is 0.295. The second-order valence-corrected chi connectivity index (χ2v) is 11.2. The molecule has 2 fully saturated rings. The van der Waals surface area contributed by atoms with Gasteiger partial charge in [0.05, 0.1) is 23.1 Å². The normalized spacial score (nSPS) is 17.6. The summed E-state index contributed by atoms with van der Waals surface area (Å²) >= 11 is 0. The van der Waals surface area contributed by atoms with Gasteiger partial charge in [-0.25, -0.2) is 29.3 Å². The number of nitrogens with zero attached hydrogens (tertiary/aromatic N) is 10. The minimum Gasteiger partial charge on any atom is -0.383 e. The van der Waals surface area contributed by atoms with Crippen molar-refractivity contribution in [3.8, 4) is 34.5 Å². The molecule has 0 radical (unpaired) electrons. The van der Waals surface area contributed by atoms with Gasteiger partial charge in [0.2, 0.25) is 5.82 Å². The molecule has 2 aliphatic heterocycles. The van der Waals surface area contributed by atoms with E-state index in [0.29, 0.717) is 51.8 Å². The predicted molar refractivity (Wildman–Crippen MR) is 166 cm³/mol. The molecule has 0 spiro atoms. The molecule has 2 aliphatic rings. The monoisotopic (exact) mass is 595 g/mol. The van der Waals surface area contributed by atoms with Crippen molar-refractivity contribution in [3.63, 3.8) is 0 Å². The lowest BCUT2D eigenvalue weighted by Crippen LogP contribution is -2.46. The number of anilines is 2. The highest BCUT2D eigenvalue weighted by atomic mass is 19.1. The van der Waals surface area contributed by atoms with E-state index in [1.165, 1.54) is 17.8 Å². The van der Waals surface area contributed by atoms with Crippen molar-refractivity contribution < 1.29 is 4.39 Å². The van der Waals surface area contributed by atoms with Gasteiger partial charge in [-0.1, -0.05) is 12.1 Å². The van der Waals surface area contributed by atoms with Crippen LogP contribution in [0.1, 0.15) is 17.8 Å². The molecule has 8 rings (SSSR count). The lowest BCUT2D eigenvalue weighted by Gasteiger charge is -2.34. The summed E-state index contributed by atoms with van der Waals surface area (Å²) in [5.74, 6) is 1.61. The van der Waals surface area contributed by atoms with Crippen LogP contribution in [0.4, 0.5) is 16.0 Å². The molecule has 2 atom stereocenters. The van der Waals surface area contributed by atoms with Crippen LogP contribution in [-0.2, 0) is 6.54 Å². The fraction of sp³-hybridized carbons (Fsp3) is 0.182. The summed E-state index contributed by atoms with van der Waals surface area (Å²) in [5.41, 5.74) is 11.6. The van der Waals surface area contributed by atoms with Gasteiger partial charge in [-0.15, -0.1) is 0 Å². The summed E-state index contributed by atoms with van der Waals surface area (Å²) in [6, 6.07) is 23.5. The maximum atomic E-state index is 13.6. The zero-order valence-electron chi connectivity index (χ0n) is 24.0. The number of hydrogen-bond donors (Lipinski definition) is 1. The van der Waals surface area contributed by atoms with Crippen LogP contribution < -0.4 is 10.6 Å². The number of halogens is 1. The van der Waals surface area contributed by atoms with Crippen LogP contribution >= 0.6 is 0 Å². The molecule has 0 saturated carbocycles. The molecule has 6 aromatic rings. The molecule has 5 aromatic heterocycles. The molecular formula is C33H26FN11. The first-order valence-corrected chi connectivity index (χ1v) is 14.6. The summed E-state index contributed by atoms with van der Waals surface area (Å²) < 4.78 is 15.5. The molecule has 220 valence electrons. The van der Waals surface area contributed by atoms with Gasteiger partial charge in [0.1, 0.15) is 29.0 Å². The number of nitriles is 1. The first kappa shape index (κ1) is 26.8. The second-order valence-electron chi connectivity index (χ2n) is 11.2. The summed E-state index contributed by atoms with van der Waals surface area (Å²) in [4.78, 5) is 31.6. The number of imidazole rings is 1. The topological polar surface area (TPSA) is 139 Å². The van der Waals surface area contributed by atoms with Gasteiger partial charge < -0.3 is 10.6 Å². The summed E-state index contributed by atoms with van der Waals surface area (Å²) in [6.07, 6.45) is 5.55. The lowest BCUT2D eigenvalue weighted by molar-refractivity contribution is 0.230. The van der Waals surface area contributed by atoms with Crippen LogP contribution in [0.3, 0.4) is 0 Å². The van der Waals surface area contributed by atoms with E-state index in [2.05, 4.69) is 54.0 Å². The molecule has 2 bridgehead atoms. The maximum absolute atomic E-state index is 13.6. The fourth-order valence-electron chi connectivity index (χ4n) is 6.43. The van der Waals surface area contributed by atoms with Crippen molar-refractivity contribution in [2.24, 2.45) is 0 Å². The van der Waals surface area contributed by atoms with Crippen LogP contribution in [0.5, 0.6) is 0 Å². The van der Waals surface area contributed by atoms with Gasteiger partial charge in [-0.05, 0) is 66.6 Å². The number of nitrogen functional groups attached to an aromatic ring is 1. The lowest BCUT2D eigenvalue weighted by atomic mass is 10.1. The summed E-state index contributed by atoms with van der Waals surface area (Å²) in [7, 11) is 0. The Morgan fingerprint density at radius 2 is 1.73 bits per heavy atom. The van der Waals surface area contributed by atoms with Gasteiger partial charge in [0, 0.05) is 49.8 Å². The highest BCUT2D eigenvalue weighted by molar-refractivity contribution is 5.84. The molecular weight excluding hydrogens is 569 g/mol. The third-order valence-corrected chi connectivity index (χ3v) is 8.54. The number of hydrogen-bond acceptors (Lipinski definition) is 10. The summed E-state index contributed by atoms with van der Waals surface area (Å²) in [6.45, 7) is 2.63. The van der Waals surface area contributed by atoms with Crippen LogP contribution in [0.25, 0.3) is 39.6 Å². The van der Waals surface area contributed by atoms with Crippen LogP contribution in [0, 0.1) is 17.1 Å². The van der Waals surface area contributed by atoms with E-state index in [9.17, 15) is 9.65 Å². The third kappa shape index (κ3) is 4.79. The largest absolute Gasteiger partial charge is 0.383 e. The Bertz CT molecular complexity index is 2090. The Kier molecular flexibility index (Phi) is 6.39. The van der Waals surface area contributed by atoms with E-state index >= 15 is 0 Å². The molecule has 12 heteroatoms. The zero-order valence-corrected chi connectivity index (χ0v) is 24.0. The number of pyridine rings is 3. The molecule has 0 aliphatic carbocycles. The highest BCUT2D eigenvalue weighted by Gasteiger charge is 2.43. The van der Waals surface area contributed by atoms with Crippen molar-refractivity contribution in [1.82, 2.24) is 39.4 Å². The standard InChI is InChI=1S/C33H26FN11/c34-21-5-8-26(39-16-21)27-9-10-28-33(40-27)45(32(41-28)25-2-1-12-38-31(25)36)22-6-3-20(4-7-22)17-43-18-24-14-23(43)19-44(24)30-11-13-37-29(15-35)42-30/h1-13,16,23-24H,14,17-19H2,(H2,36,38)/t23-,24-/m0/s1. The molecule has 7 heterocycles. The number of fused-ring (bicyclic) bond motifs is 3. The average molecular weight is 596 g/mol. The zero-order chi connectivity index (χ0) is 30.5. The van der Waals surface area contributed by atoms with E-state index in [4.69, 9.17) is 15.7 Å². The van der Waals surface area contributed by atoms with Gasteiger partial charge in [-0.3, -0.25) is 14.5 Å².